The summed E-state index contributed by atoms with van der Waals surface area (Å²) in [6, 6.07) is 11.4. The highest BCUT2D eigenvalue weighted by atomic mass is 16.5. The van der Waals surface area contributed by atoms with Crippen molar-refractivity contribution in [1.82, 2.24) is 4.98 Å². The third-order valence-corrected chi connectivity index (χ3v) is 3.01. The highest BCUT2D eigenvalue weighted by Crippen LogP contribution is 2.22. The molecule has 1 aromatic carbocycles. The minimum Gasteiger partial charge on any atom is -0.462 e. The second kappa shape index (κ2) is 7.96. The molecule has 0 fully saturated rings. The van der Waals surface area contributed by atoms with Crippen molar-refractivity contribution < 1.29 is 9.84 Å². The third-order valence-electron chi connectivity index (χ3n) is 3.01. The predicted octanol–water partition coefficient (Wildman–Crippen LogP) is 4.27. The zero-order chi connectivity index (χ0) is 15.8. The lowest BCUT2D eigenvalue weighted by molar-refractivity contribution is 0.282. The van der Waals surface area contributed by atoms with Gasteiger partial charge in [0.1, 0.15) is 11.5 Å². The molecule has 22 heavy (non-hydrogen) atoms. The lowest BCUT2D eigenvalue weighted by atomic mass is 10.1. The summed E-state index contributed by atoms with van der Waals surface area (Å²) in [4.78, 5) is 4.32. The van der Waals surface area contributed by atoms with Gasteiger partial charge >= 0.3 is 0 Å². The van der Waals surface area contributed by atoms with Crippen LogP contribution in [0.15, 0.2) is 79.2 Å². The van der Waals surface area contributed by atoms with Gasteiger partial charge in [0.05, 0.1) is 12.3 Å². The Labute approximate surface area is 130 Å². The predicted molar refractivity (Wildman–Crippen MR) is 89.3 cm³/mol. The highest BCUT2D eigenvalue weighted by molar-refractivity contribution is 5.60. The first kappa shape index (κ1) is 15.7. The first-order valence-electron chi connectivity index (χ1n) is 7.03. The lowest BCUT2D eigenvalue weighted by Gasteiger charge is -2.07. The van der Waals surface area contributed by atoms with Gasteiger partial charge in [-0.2, -0.15) is 0 Å². The number of aliphatic hydroxyl groups excluding tert-OH is 1. The van der Waals surface area contributed by atoms with E-state index in [0.717, 1.165) is 28.3 Å². The van der Waals surface area contributed by atoms with E-state index < -0.39 is 0 Å². The van der Waals surface area contributed by atoms with Crippen LogP contribution in [0.25, 0.3) is 11.3 Å². The van der Waals surface area contributed by atoms with Gasteiger partial charge in [-0.3, -0.25) is 4.98 Å². The summed E-state index contributed by atoms with van der Waals surface area (Å²) in [5.74, 6) is 1.56. The minimum atomic E-state index is 0.0128. The molecule has 2 rings (SSSR count). The van der Waals surface area contributed by atoms with Gasteiger partial charge in [-0.1, -0.05) is 24.8 Å². The summed E-state index contributed by atoms with van der Waals surface area (Å²) in [6.45, 7) is 5.52. The largest absolute Gasteiger partial charge is 0.462 e. The zero-order valence-electron chi connectivity index (χ0n) is 12.6. The Bertz CT molecular complexity index is 685. The summed E-state index contributed by atoms with van der Waals surface area (Å²) in [6.07, 6.45) is 9.01. The van der Waals surface area contributed by atoms with Crippen LogP contribution in [0, 0.1) is 0 Å². The van der Waals surface area contributed by atoms with E-state index in [4.69, 9.17) is 4.74 Å². The SMILES string of the molecule is C=C/C=C\C=C(/C)Oc1ccc(-c2cc(CO)ccn2)cc1. The van der Waals surface area contributed by atoms with Gasteiger partial charge in [0.2, 0.25) is 0 Å². The Morgan fingerprint density at radius 1 is 1.23 bits per heavy atom. The third kappa shape index (κ3) is 4.43. The van der Waals surface area contributed by atoms with Gasteiger partial charge in [-0.15, -0.1) is 0 Å². The number of hydrogen-bond acceptors (Lipinski definition) is 3. The molecule has 0 aliphatic rings. The topological polar surface area (TPSA) is 42.4 Å². The molecular formula is C19H19NO2. The number of rotatable bonds is 6. The molecule has 0 saturated heterocycles. The van der Waals surface area contributed by atoms with Crippen LogP contribution in [0.1, 0.15) is 12.5 Å². The van der Waals surface area contributed by atoms with E-state index >= 15 is 0 Å². The fourth-order valence-corrected chi connectivity index (χ4v) is 1.91. The van der Waals surface area contributed by atoms with Crippen LogP contribution in [-0.2, 0) is 6.61 Å². The Morgan fingerprint density at radius 2 is 2.00 bits per heavy atom. The van der Waals surface area contributed by atoms with Crippen LogP contribution in [-0.4, -0.2) is 10.1 Å². The van der Waals surface area contributed by atoms with Gasteiger partial charge in [0.25, 0.3) is 0 Å². The first-order valence-corrected chi connectivity index (χ1v) is 7.03. The van der Waals surface area contributed by atoms with Crippen LogP contribution in [0.3, 0.4) is 0 Å². The van der Waals surface area contributed by atoms with Crippen molar-refractivity contribution in [1.29, 1.82) is 0 Å². The molecule has 0 saturated carbocycles. The smallest absolute Gasteiger partial charge is 0.126 e. The van der Waals surface area contributed by atoms with Crippen LogP contribution in [0.5, 0.6) is 5.75 Å². The molecule has 0 radical (unpaired) electrons. The minimum absolute atomic E-state index is 0.0128. The molecular weight excluding hydrogens is 274 g/mol. The molecule has 0 amide bonds. The Balaban J connectivity index is 2.11. The normalized spacial score (nSPS) is 11.6. The fourth-order valence-electron chi connectivity index (χ4n) is 1.91. The number of benzene rings is 1. The molecule has 0 unspecified atom stereocenters. The van der Waals surface area contributed by atoms with E-state index in [9.17, 15) is 5.11 Å². The molecule has 1 N–H and O–H groups in total. The van der Waals surface area contributed by atoms with E-state index in [1.807, 2.05) is 55.5 Å². The quantitative estimate of drug-likeness (QED) is 0.639. The number of ether oxygens (including phenoxy) is 1. The molecule has 1 heterocycles. The molecule has 0 aliphatic carbocycles. The molecule has 0 aliphatic heterocycles. The van der Waals surface area contributed by atoms with Gasteiger partial charge in [0.15, 0.2) is 0 Å². The van der Waals surface area contributed by atoms with Gasteiger partial charge < -0.3 is 9.84 Å². The average molecular weight is 293 g/mol. The second-order valence-electron chi connectivity index (χ2n) is 4.73. The van der Waals surface area contributed by atoms with Crippen molar-refractivity contribution in [2.45, 2.75) is 13.5 Å². The highest BCUT2D eigenvalue weighted by Gasteiger charge is 2.02. The molecule has 3 heteroatoms. The van der Waals surface area contributed by atoms with E-state index in [1.54, 1.807) is 18.3 Å². The van der Waals surface area contributed by atoms with Gasteiger partial charge in [-0.05, 0) is 55.0 Å². The molecule has 0 bridgehead atoms. The van der Waals surface area contributed by atoms with E-state index in [0.29, 0.717) is 0 Å². The molecule has 112 valence electrons. The lowest BCUT2D eigenvalue weighted by Crippen LogP contribution is -1.91. The Hall–Kier alpha value is -2.65. The maximum atomic E-state index is 9.18. The number of aliphatic hydroxyl groups is 1. The van der Waals surface area contributed by atoms with Crippen molar-refractivity contribution in [2.24, 2.45) is 0 Å². The van der Waals surface area contributed by atoms with E-state index in [-0.39, 0.29) is 6.61 Å². The zero-order valence-corrected chi connectivity index (χ0v) is 12.6. The van der Waals surface area contributed by atoms with Crippen molar-refractivity contribution in [2.75, 3.05) is 0 Å². The van der Waals surface area contributed by atoms with E-state index in [2.05, 4.69) is 11.6 Å². The number of nitrogens with zero attached hydrogens (tertiary/aromatic N) is 1. The summed E-state index contributed by atoms with van der Waals surface area (Å²) in [5.41, 5.74) is 2.66. The number of aromatic nitrogens is 1. The van der Waals surface area contributed by atoms with Gasteiger partial charge in [-0.25, -0.2) is 0 Å². The van der Waals surface area contributed by atoms with Crippen LogP contribution >= 0.6 is 0 Å². The molecule has 1 aromatic heterocycles. The Kier molecular flexibility index (Phi) is 5.69. The van der Waals surface area contributed by atoms with Crippen LogP contribution in [0.4, 0.5) is 0 Å². The Morgan fingerprint density at radius 3 is 2.68 bits per heavy atom. The molecule has 2 aromatic rings. The summed E-state index contributed by atoms with van der Waals surface area (Å²) in [5, 5.41) is 9.18. The summed E-state index contributed by atoms with van der Waals surface area (Å²) < 4.78 is 5.71. The molecule has 0 spiro atoms. The maximum absolute atomic E-state index is 9.18. The fraction of sp³-hybridized carbons (Fsp3) is 0.105. The van der Waals surface area contributed by atoms with Gasteiger partial charge in [0, 0.05) is 11.8 Å². The van der Waals surface area contributed by atoms with Crippen molar-refractivity contribution in [3.05, 3.63) is 84.8 Å². The maximum Gasteiger partial charge on any atom is 0.126 e. The van der Waals surface area contributed by atoms with Crippen molar-refractivity contribution >= 4 is 0 Å². The van der Waals surface area contributed by atoms with Crippen LogP contribution in [0.2, 0.25) is 0 Å². The van der Waals surface area contributed by atoms with E-state index in [1.165, 1.54) is 0 Å². The monoisotopic (exact) mass is 293 g/mol. The van der Waals surface area contributed by atoms with Crippen LogP contribution < -0.4 is 4.74 Å². The van der Waals surface area contributed by atoms with Crippen molar-refractivity contribution in [3.8, 4) is 17.0 Å². The summed E-state index contributed by atoms with van der Waals surface area (Å²) >= 11 is 0. The first-order chi connectivity index (χ1) is 10.7. The number of hydrogen-bond donors (Lipinski definition) is 1. The van der Waals surface area contributed by atoms with Crippen molar-refractivity contribution in [3.63, 3.8) is 0 Å². The average Bonchev–Trinajstić information content (AvgIpc) is 2.56. The second-order valence-corrected chi connectivity index (χ2v) is 4.73. The molecule has 0 atom stereocenters. The number of pyridine rings is 1. The number of allylic oxidation sites excluding steroid dienone is 5. The summed E-state index contributed by atoms with van der Waals surface area (Å²) in [7, 11) is 0. The molecule has 3 nitrogen and oxygen atoms in total. The standard InChI is InChI=1S/C19H19NO2/c1-3-4-5-6-15(2)22-18-9-7-17(8-10-18)19-13-16(14-21)11-12-20-19/h3-13,21H,1,14H2,2H3/b5-4-,15-6+.